The van der Waals surface area contributed by atoms with Crippen molar-refractivity contribution >= 4 is 0 Å². The Labute approximate surface area is 176 Å². The smallest absolute Gasteiger partial charge is 0.231 e. The van der Waals surface area contributed by atoms with Crippen LogP contribution in [0, 0.1) is 11.8 Å². The first-order chi connectivity index (χ1) is 14.5. The predicted octanol–water partition coefficient (Wildman–Crippen LogP) is 4.53. The van der Waals surface area contributed by atoms with Crippen LogP contribution in [0.25, 0.3) is 0 Å². The zero-order valence-electron chi connectivity index (χ0n) is 18.2. The Hall–Kier alpha value is -2.80. The summed E-state index contributed by atoms with van der Waals surface area (Å²) in [5.41, 5.74) is 1.99. The molecule has 4 atom stereocenters. The number of ether oxygens (including phenoxy) is 7. The van der Waals surface area contributed by atoms with Crippen molar-refractivity contribution in [2.45, 2.75) is 26.1 Å². The van der Waals surface area contributed by atoms with Crippen molar-refractivity contribution in [2.24, 2.45) is 11.8 Å². The second-order valence-corrected chi connectivity index (χ2v) is 7.61. The molecule has 0 saturated carbocycles. The topological polar surface area (TPSA) is 64.6 Å². The van der Waals surface area contributed by atoms with Gasteiger partial charge in [0, 0.05) is 0 Å². The van der Waals surface area contributed by atoms with E-state index in [0.717, 1.165) is 11.1 Å². The van der Waals surface area contributed by atoms with Gasteiger partial charge in [-0.05, 0) is 47.2 Å². The van der Waals surface area contributed by atoms with E-state index in [1.54, 1.807) is 28.4 Å². The highest BCUT2D eigenvalue weighted by Crippen LogP contribution is 2.53. The molecule has 4 rings (SSSR count). The van der Waals surface area contributed by atoms with Crippen molar-refractivity contribution in [2.75, 3.05) is 35.2 Å². The quantitative estimate of drug-likeness (QED) is 0.685. The van der Waals surface area contributed by atoms with Crippen molar-refractivity contribution < 1.29 is 33.2 Å². The monoisotopic (exact) mass is 416 g/mol. The summed E-state index contributed by atoms with van der Waals surface area (Å²) in [6, 6.07) is 7.87. The first kappa shape index (κ1) is 20.5. The minimum atomic E-state index is -0.130. The van der Waals surface area contributed by atoms with Gasteiger partial charge in [0.05, 0.1) is 40.6 Å². The lowest BCUT2D eigenvalue weighted by atomic mass is 9.85. The molecule has 0 bridgehead atoms. The number of fused-ring (bicyclic) bond motifs is 1. The maximum absolute atomic E-state index is 6.59. The summed E-state index contributed by atoms with van der Waals surface area (Å²) in [5.74, 6) is 4.30. The summed E-state index contributed by atoms with van der Waals surface area (Å²) < 4.78 is 39.7. The molecule has 0 aliphatic carbocycles. The maximum Gasteiger partial charge on any atom is 0.231 e. The average Bonchev–Trinajstić information content (AvgIpc) is 3.36. The van der Waals surface area contributed by atoms with E-state index >= 15 is 0 Å². The fourth-order valence-electron chi connectivity index (χ4n) is 4.30. The second-order valence-electron chi connectivity index (χ2n) is 7.61. The Balaban J connectivity index is 1.69. The summed E-state index contributed by atoms with van der Waals surface area (Å²) in [6.07, 6.45) is -0.248. The fourth-order valence-corrected chi connectivity index (χ4v) is 4.30. The molecule has 4 unspecified atom stereocenters. The highest BCUT2D eigenvalue weighted by molar-refractivity contribution is 5.56. The van der Waals surface area contributed by atoms with Gasteiger partial charge >= 0.3 is 0 Å². The van der Waals surface area contributed by atoms with Gasteiger partial charge in [-0.15, -0.1) is 0 Å². The molecule has 30 heavy (non-hydrogen) atoms. The van der Waals surface area contributed by atoms with Crippen LogP contribution < -0.4 is 28.4 Å². The van der Waals surface area contributed by atoms with Crippen LogP contribution in [0.1, 0.15) is 37.2 Å². The van der Waals surface area contributed by atoms with Gasteiger partial charge in [0.25, 0.3) is 0 Å². The van der Waals surface area contributed by atoms with Gasteiger partial charge in [0.2, 0.25) is 18.3 Å². The lowest BCUT2D eigenvalue weighted by Crippen LogP contribution is -2.10. The normalized spacial score (nSPS) is 24.6. The SMILES string of the molecule is COc1cc(C2OC(c3cc(OC)c4c(c3)OCO4)C(C)C2C)cc(OC)c1OC. The number of methoxy groups -OCH3 is 4. The molecular weight excluding hydrogens is 388 g/mol. The Kier molecular flexibility index (Phi) is 5.56. The van der Waals surface area contributed by atoms with Crippen LogP contribution in [-0.2, 0) is 4.74 Å². The highest BCUT2D eigenvalue weighted by Gasteiger charge is 2.42. The zero-order chi connectivity index (χ0) is 21.4. The van der Waals surface area contributed by atoms with E-state index in [1.165, 1.54) is 0 Å². The number of hydrogen-bond acceptors (Lipinski definition) is 7. The predicted molar refractivity (Wildman–Crippen MR) is 110 cm³/mol. The van der Waals surface area contributed by atoms with Crippen LogP contribution in [0.5, 0.6) is 34.5 Å². The van der Waals surface area contributed by atoms with Crippen LogP contribution >= 0.6 is 0 Å². The molecule has 2 aliphatic heterocycles. The first-order valence-electron chi connectivity index (χ1n) is 9.95. The number of rotatable bonds is 6. The van der Waals surface area contributed by atoms with Gasteiger partial charge in [-0.3, -0.25) is 0 Å². The van der Waals surface area contributed by atoms with E-state index in [0.29, 0.717) is 34.5 Å². The number of benzene rings is 2. The summed E-state index contributed by atoms with van der Waals surface area (Å²) in [5, 5.41) is 0. The molecule has 1 fully saturated rings. The van der Waals surface area contributed by atoms with E-state index in [4.69, 9.17) is 33.2 Å². The molecule has 2 aromatic rings. The minimum Gasteiger partial charge on any atom is -0.493 e. The molecule has 2 aromatic carbocycles. The largest absolute Gasteiger partial charge is 0.493 e. The van der Waals surface area contributed by atoms with Gasteiger partial charge in [0.1, 0.15) is 0 Å². The van der Waals surface area contributed by atoms with Gasteiger partial charge in [0.15, 0.2) is 23.0 Å². The van der Waals surface area contributed by atoms with E-state index in [9.17, 15) is 0 Å². The van der Waals surface area contributed by atoms with Gasteiger partial charge in [-0.25, -0.2) is 0 Å². The Morgan fingerprint density at radius 3 is 1.77 bits per heavy atom. The van der Waals surface area contributed by atoms with Gasteiger partial charge in [-0.1, -0.05) is 13.8 Å². The van der Waals surface area contributed by atoms with E-state index < -0.39 is 0 Å². The van der Waals surface area contributed by atoms with Crippen LogP contribution in [-0.4, -0.2) is 35.2 Å². The first-order valence-corrected chi connectivity index (χ1v) is 9.95. The second kappa shape index (κ2) is 8.14. The summed E-state index contributed by atoms with van der Waals surface area (Å²) in [6.45, 7) is 4.59. The summed E-state index contributed by atoms with van der Waals surface area (Å²) in [7, 11) is 6.45. The van der Waals surface area contributed by atoms with Crippen molar-refractivity contribution in [3.63, 3.8) is 0 Å². The van der Waals surface area contributed by atoms with Crippen LogP contribution in [0.3, 0.4) is 0 Å². The summed E-state index contributed by atoms with van der Waals surface area (Å²) in [4.78, 5) is 0. The lowest BCUT2D eigenvalue weighted by molar-refractivity contribution is 0.0286. The highest BCUT2D eigenvalue weighted by atomic mass is 16.7. The van der Waals surface area contributed by atoms with Gasteiger partial charge < -0.3 is 33.2 Å². The maximum atomic E-state index is 6.59. The third-order valence-electron chi connectivity index (χ3n) is 6.10. The van der Waals surface area contributed by atoms with E-state index in [2.05, 4.69) is 13.8 Å². The Morgan fingerprint density at radius 1 is 0.700 bits per heavy atom. The molecule has 0 amide bonds. The molecule has 0 radical (unpaired) electrons. The molecule has 0 spiro atoms. The zero-order valence-corrected chi connectivity index (χ0v) is 18.2. The van der Waals surface area contributed by atoms with Crippen LogP contribution in [0.4, 0.5) is 0 Å². The van der Waals surface area contributed by atoms with Crippen molar-refractivity contribution in [1.82, 2.24) is 0 Å². The van der Waals surface area contributed by atoms with E-state index in [-0.39, 0.29) is 30.8 Å². The Morgan fingerprint density at radius 2 is 1.23 bits per heavy atom. The molecule has 162 valence electrons. The van der Waals surface area contributed by atoms with Crippen LogP contribution in [0.2, 0.25) is 0 Å². The molecule has 2 aliphatic rings. The average molecular weight is 416 g/mol. The molecule has 0 N–H and O–H groups in total. The van der Waals surface area contributed by atoms with Crippen molar-refractivity contribution in [1.29, 1.82) is 0 Å². The number of hydrogen-bond donors (Lipinski definition) is 0. The molecule has 7 heteroatoms. The molecule has 2 heterocycles. The van der Waals surface area contributed by atoms with Crippen LogP contribution in [0.15, 0.2) is 24.3 Å². The Bertz CT molecular complexity index is 901. The van der Waals surface area contributed by atoms with E-state index in [1.807, 2.05) is 24.3 Å². The van der Waals surface area contributed by atoms with Crippen molar-refractivity contribution in [3.05, 3.63) is 35.4 Å². The standard InChI is InChI=1S/C23H28O7/c1-12-13(2)21(15-9-18(26-5)23-19(10-15)28-11-29-23)30-20(12)14-7-16(24-3)22(27-6)17(8-14)25-4/h7-10,12-13,20-21H,11H2,1-6H3. The summed E-state index contributed by atoms with van der Waals surface area (Å²) >= 11 is 0. The minimum absolute atomic E-state index is 0.118. The molecule has 0 aromatic heterocycles. The fraction of sp³-hybridized carbons (Fsp3) is 0.478. The molecular formula is C23H28O7. The van der Waals surface area contributed by atoms with Crippen molar-refractivity contribution in [3.8, 4) is 34.5 Å². The van der Waals surface area contributed by atoms with Gasteiger partial charge in [-0.2, -0.15) is 0 Å². The molecule has 7 nitrogen and oxygen atoms in total. The lowest BCUT2D eigenvalue weighted by Gasteiger charge is -2.20. The molecule has 1 saturated heterocycles. The third-order valence-corrected chi connectivity index (χ3v) is 6.10. The third kappa shape index (κ3) is 3.27.